The molecule has 0 bridgehead atoms. The highest BCUT2D eigenvalue weighted by molar-refractivity contribution is 6.20. The number of aromatic amines is 2. The molecule has 0 saturated carbocycles. The summed E-state index contributed by atoms with van der Waals surface area (Å²) in [6.45, 7) is 5.65. The number of anilines is 3. The minimum atomic E-state index is -5.09. The van der Waals surface area contributed by atoms with Crippen LogP contribution in [0.15, 0.2) is 59.0 Å². The highest BCUT2D eigenvalue weighted by Crippen LogP contribution is 2.49. The minimum absolute atomic E-state index is 0.0162. The minimum Gasteiger partial charge on any atom is -0.545 e. The fraction of sp³-hybridized carbons (Fsp3) is 0.229. The van der Waals surface area contributed by atoms with Crippen LogP contribution in [0, 0.1) is 0 Å². The number of aromatic nitrogens is 2. The molecule has 4 heterocycles. The van der Waals surface area contributed by atoms with Gasteiger partial charge in [-0.2, -0.15) is 13.2 Å². The number of hydrogen-bond acceptors (Lipinski definition) is 7. The first-order valence-corrected chi connectivity index (χ1v) is 16.2. The van der Waals surface area contributed by atoms with Crippen molar-refractivity contribution in [2.75, 3.05) is 40.6 Å². The van der Waals surface area contributed by atoms with Crippen molar-refractivity contribution < 1.29 is 42.2 Å². The Morgan fingerprint density at radius 2 is 1.82 bits per heavy atom. The van der Waals surface area contributed by atoms with E-state index in [2.05, 4.69) is 29.0 Å². The summed E-state index contributed by atoms with van der Waals surface area (Å²) < 4.78 is 47.3. The normalized spacial score (nSPS) is 14.5. The van der Waals surface area contributed by atoms with Crippen LogP contribution in [0.3, 0.4) is 0 Å². The Balaban J connectivity index is 1.18. The third-order valence-electron chi connectivity index (χ3n) is 9.06. The molecule has 7 rings (SSSR count). The van der Waals surface area contributed by atoms with Crippen LogP contribution in [0.25, 0.3) is 32.8 Å². The van der Waals surface area contributed by atoms with Crippen molar-refractivity contribution in [3.63, 3.8) is 0 Å². The second-order valence-corrected chi connectivity index (χ2v) is 12.3. The van der Waals surface area contributed by atoms with Crippen LogP contribution in [0.4, 0.5) is 30.2 Å². The second-order valence-electron chi connectivity index (χ2n) is 11.9. The molecule has 15 heteroatoms. The molecule has 1 aliphatic rings. The number of aromatic carboxylic acids is 1. The van der Waals surface area contributed by atoms with Crippen molar-refractivity contribution >= 4 is 79.2 Å². The molecule has 2 amide bonds. The maximum atomic E-state index is 13.9. The zero-order valence-corrected chi connectivity index (χ0v) is 27.3. The highest BCUT2D eigenvalue weighted by atomic mass is 35.5. The molecule has 0 unspecified atom stereocenters. The molecule has 1 atom stereocenters. The zero-order valence-electron chi connectivity index (χ0n) is 26.5. The average molecular weight is 707 g/mol. The summed E-state index contributed by atoms with van der Waals surface area (Å²) >= 11 is 6.20. The Kier molecular flexibility index (Phi) is 7.93. The van der Waals surface area contributed by atoms with E-state index in [0.717, 1.165) is 30.2 Å². The van der Waals surface area contributed by atoms with Gasteiger partial charge in [-0.25, -0.2) is 0 Å². The number of furan rings is 1. The number of carbonyl (C=O) groups excluding carboxylic acids is 3. The fourth-order valence-corrected chi connectivity index (χ4v) is 6.98. The number of H-pyrrole nitrogens is 2. The summed E-state index contributed by atoms with van der Waals surface area (Å²) in [4.78, 5) is 47.4. The van der Waals surface area contributed by atoms with Crippen LogP contribution in [-0.2, 0) is 6.18 Å². The number of amides is 2. The number of phenolic OH excluding ortho intramolecular Hbond substituents is 1. The van der Waals surface area contributed by atoms with Gasteiger partial charge in [0.15, 0.2) is 5.76 Å². The van der Waals surface area contributed by atoms with Gasteiger partial charge in [0, 0.05) is 82.2 Å². The summed E-state index contributed by atoms with van der Waals surface area (Å²) in [6.07, 6.45) is -5.09. The van der Waals surface area contributed by atoms with Gasteiger partial charge in [0.25, 0.3) is 11.8 Å². The quantitative estimate of drug-likeness (QED) is 0.131. The first kappa shape index (κ1) is 32.9. The van der Waals surface area contributed by atoms with Crippen molar-refractivity contribution in [3.8, 4) is 5.75 Å². The van der Waals surface area contributed by atoms with Gasteiger partial charge in [-0.15, -0.1) is 11.6 Å². The molecule has 3 aromatic carbocycles. The molecular weight excluding hydrogens is 679 g/mol. The van der Waals surface area contributed by atoms with Gasteiger partial charge in [0.05, 0.1) is 17.2 Å². The van der Waals surface area contributed by atoms with E-state index in [1.165, 1.54) is 4.90 Å². The van der Waals surface area contributed by atoms with E-state index in [9.17, 15) is 37.8 Å². The number of carboxylic acid groups (broad SMARTS) is 1. The zero-order chi connectivity index (χ0) is 35.6. The molecule has 3 aromatic heterocycles. The van der Waals surface area contributed by atoms with Gasteiger partial charge >= 0.3 is 6.18 Å². The number of alkyl halides is 4. The second kappa shape index (κ2) is 12.1. The van der Waals surface area contributed by atoms with Crippen LogP contribution in [0.1, 0.15) is 62.4 Å². The number of benzene rings is 3. The van der Waals surface area contributed by atoms with Crippen molar-refractivity contribution in [1.82, 2.24) is 9.97 Å². The average Bonchev–Trinajstić information content (AvgIpc) is 3.86. The lowest BCUT2D eigenvalue weighted by Crippen LogP contribution is -2.30. The Bertz CT molecular complexity index is 2360. The number of halogens is 4. The molecule has 11 nitrogen and oxygen atoms in total. The number of fused-ring (bicyclic) bond motifs is 5. The number of hydrogen-bond donors (Lipinski definition) is 4. The van der Waals surface area contributed by atoms with Crippen molar-refractivity contribution in [1.29, 1.82) is 0 Å². The van der Waals surface area contributed by atoms with Crippen molar-refractivity contribution in [2.45, 2.75) is 25.9 Å². The molecular formula is C35H28ClF3N5O6-. The maximum absolute atomic E-state index is 13.9. The van der Waals surface area contributed by atoms with E-state index in [-0.39, 0.29) is 35.1 Å². The number of aromatic hydroxyl groups is 1. The number of nitrogens with one attached hydrogen (secondary N) is 3. The third-order valence-corrected chi connectivity index (χ3v) is 9.43. The van der Waals surface area contributed by atoms with Crippen LogP contribution in [-0.4, -0.2) is 58.4 Å². The van der Waals surface area contributed by atoms with Crippen LogP contribution in [0.5, 0.6) is 5.75 Å². The monoisotopic (exact) mass is 706 g/mol. The van der Waals surface area contributed by atoms with Crippen molar-refractivity contribution in [2.24, 2.45) is 0 Å². The SMILES string of the molecule is CCN(CC)c1ccc2cc(C(=O)Nc3ccc4[nH]c(C(=O)N5C[C@@H](CCl)c6c5cc(O)c5[nH]c(C(F)(F)F)c(C(=O)[O-])c65)cc4c3)oc2c1. The molecule has 50 heavy (non-hydrogen) atoms. The van der Waals surface area contributed by atoms with Gasteiger partial charge in [0.1, 0.15) is 22.7 Å². The van der Waals surface area contributed by atoms with Gasteiger partial charge in [0.2, 0.25) is 0 Å². The molecule has 0 radical (unpaired) electrons. The number of rotatable bonds is 8. The van der Waals surface area contributed by atoms with E-state index in [4.69, 9.17) is 16.0 Å². The van der Waals surface area contributed by atoms with Gasteiger partial charge < -0.3 is 44.5 Å². The molecule has 0 saturated heterocycles. The van der Waals surface area contributed by atoms with E-state index in [1.54, 1.807) is 30.3 Å². The fourth-order valence-electron chi connectivity index (χ4n) is 6.73. The maximum Gasteiger partial charge on any atom is 0.431 e. The first-order chi connectivity index (χ1) is 23.8. The third kappa shape index (κ3) is 5.35. The highest BCUT2D eigenvalue weighted by Gasteiger charge is 2.42. The number of carboxylic acids is 1. The summed E-state index contributed by atoms with van der Waals surface area (Å²) in [6, 6.07) is 15.0. The van der Waals surface area contributed by atoms with Crippen LogP contribution < -0.4 is 20.2 Å². The summed E-state index contributed by atoms with van der Waals surface area (Å²) in [5.41, 5.74) is -0.498. The van der Waals surface area contributed by atoms with Crippen LogP contribution >= 0.6 is 11.6 Å². The molecule has 0 spiro atoms. The predicted molar refractivity (Wildman–Crippen MR) is 180 cm³/mol. The van der Waals surface area contributed by atoms with E-state index in [1.807, 2.05) is 23.2 Å². The summed E-state index contributed by atoms with van der Waals surface area (Å²) in [5.74, 6) is -4.67. The molecule has 4 N–H and O–H groups in total. The Morgan fingerprint density at radius 1 is 1.06 bits per heavy atom. The smallest absolute Gasteiger partial charge is 0.431 e. The number of phenols is 1. The lowest BCUT2D eigenvalue weighted by atomic mass is 9.95. The van der Waals surface area contributed by atoms with E-state index >= 15 is 0 Å². The number of nitrogens with zero attached hydrogens (tertiary/aromatic N) is 2. The summed E-state index contributed by atoms with van der Waals surface area (Å²) in [7, 11) is 0. The first-order valence-electron chi connectivity index (χ1n) is 15.6. The molecule has 258 valence electrons. The van der Waals surface area contributed by atoms with Gasteiger partial charge in [-0.1, -0.05) is 0 Å². The van der Waals surface area contributed by atoms with Gasteiger partial charge in [-0.05, 0) is 61.9 Å². The lowest BCUT2D eigenvalue weighted by molar-refractivity contribution is -0.255. The molecule has 0 fully saturated rings. The van der Waals surface area contributed by atoms with Crippen LogP contribution in [0.2, 0.25) is 0 Å². The molecule has 0 aliphatic carbocycles. The summed E-state index contributed by atoms with van der Waals surface area (Å²) in [5, 5.41) is 26.4. The van der Waals surface area contributed by atoms with Gasteiger partial charge in [-0.3, -0.25) is 9.59 Å². The molecule has 1 aliphatic heterocycles. The lowest BCUT2D eigenvalue weighted by Gasteiger charge is -2.20. The predicted octanol–water partition coefficient (Wildman–Crippen LogP) is 6.56. The number of carbonyl (C=O) groups is 3. The van der Waals surface area contributed by atoms with E-state index < -0.39 is 57.8 Å². The Hall–Kier alpha value is -5.63. The Labute approximate surface area is 286 Å². The largest absolute Gasteiger partial charge is 0.545 e. The topological polar surface area (TPSA) is 158 Å². The van der Waals surface area contributed by atoms with Crippen molar-refractivity contribution in [3.05, 3.63) is 82.9 Å². The molecule has 6 aromatic rings. The Morgan fingerprint density at radius 3 is 2.50 bits per heavy atom. The standard InChI is InChI=1S/C35H29ClF3N5O6/c1-3-43(4-2)20-7-5-16-11-26(50-25(16)12-20)32(46)40-19-6-8-21-17(9-19)10-22(41-21)33(47)44-15-18(14-36)27-23(44)13-24(45)30-28(27)29(34(48)49)31(42-30)35(37,38)39/h5-13,18,41-42,45H,3-4,14-15H2,1-2H3,(H,40,46)(H,48,49)/p-1/t18-/m1/s1. The van der Waals surface area contributed by atoms with E-state index in [0.29, 0.717) is 22.2 Å².